The molecule has 1 atom stereocenters. The van der Waals surface area contributed by atoms with E-state index in [9.17, 15) is 14.7 Å². The van der Waals surface area contributed by atoms with E-state index in [1.165, 1.54) is 11.1 Å². The molecule has 7 heteroatoms. The Kier molecular flexibility index (Phi) is 9.38. The minimum atomic E-state index is -1.19. The van der Waals surface area contributed by atoms with Gasteiger partial charge in [-0.25, -0.2) is 4.79 Å². The van der Waals surface area contributed by atoms with Crippen molar-refractivity contribution in [1.29, 1.82) is 0 Å². The number of hydrogen-bond donors (Lipinski definition) is 1. The van der Waals surface area contributed by atoms with Crippen LogP contribution in [0.5, 0.6) is 0 Å². The molecule has 0 bridgehead atoms. The topological polar surface area (TPSA) is 73.3 Å². The normalized spacial score (nSPS) is 14.4. The van der Waals surface area contributed by atoms with Crippen molar-refractivity contribution in [2.75, 3.05) is 37.6 Å². The van der Waals surface area contributed by atoms with E-state index in [4.69, 9.17) is 4.84 Å². The molecule has 2 amide bonds. The van der Waals surface area contributed by atoms with E-state index in [-0.39, 0.29) is 25.0 Å². The third kappa shape index (κ3) is 7.35. The van der Waals surface area contributed by atoms with Crippen molar-refractivity contribution in [3.8, 4) is 11.1 Å². The lowest BCUT2D eigenvalue weighted by molar-refractivity contribution is -0.159. The molecule has 1 aliphatic rings. The number of rotatable bonds is 10. The first-order chi connectivity index (χ1) is 18.4. The quantitative estimate of drug-likeness (QED) is 0.347. The zero-order valence-corrected chi connectivity index (χ0v) is 22.2. The largest absolute Gasteiger partial charge is 0.463 e. The Morgan fingerprint density at radius 3 is 2.00 bits per heavy atom. The Bertz CT molecular complexity index is 1160. The Labute approximate surface area is 225 Å². The number of carbonyl (C=O) groups excluding carboxylic acids is 1. The van der Waals surface area contributed by atoms with Crippen molar-refractivity contribution in [2.45, 2.75) is 26.9 Å². The molecule has 0 saturated carbocycles. The molecular weight excluding hydrogens is 478 g/mol. The van der Waals surface area contributed by atoms with E-state index in [0.29, 0.717) is 19.5 Å². The zero-order valence-electron chi connectivity index (χ0n) is 22.2. The van der Waals surface area contributed by atoms with Gasteiger partial charge < -0.3 is 14.9 Å². The highest BCUT2D eigenvalue weighted by Crippen LogP contribution is 2.25. The maximum Gasteiger partial charge on any atom is 0.431 e. The van der Waals surface area contributed by atoms with Gasteiger partial charge in [0.25, 0.3) is 0 Å². The van der Waals surface area contributed by atoms with Crippen LogP contribution in [0.4, 0.5) is 10.5 Å². The number of carbonyl (C=O) groups is 2. The number of benzene rings is 3. The van der Waals surface area contributed by atoms with Gasteiger partial charge in [-0.15, -0.1) is 0 Å². The van der Waals surface area contributed by atoms with Crippen LogP contribution in [0.3, 0.4) is 0 Å². The highest BCUT2D eigenvalue weighted by atomic mass is 16.7. The predicted molar refractivity (Wildman–Crippen MR) is 150 cm³/mol. The van der Waals surface area contributed by atoms with Crippen LogP contribution >= 0.6 is 0 Å². The monoisotopic (exact) mass is 515 g/mol. The molecule has 200 valence electrons. The van der Waals surface area contributed by atoms with Crippen molar-refractivity contribution >= 4 is 17.7 Å². The first-order valence-electron chi connectivity index (χ1n) is 13.3. The van der Waals surface area contributed by atoms with Crippen molar-refractivity contribution in [3.05, 3.63) is 90.5 Å². The van der Waals surface area contributed by atoms with Gasteiger partial charge in [0.05, 0.1) is 12.5 Å². The molecule has 3 aromatic rings. The van der Waals surface area contributed by atoms with Crippen LogP contribution in [0.15, 0.2) is 84.9 Å². The standard InChI is InChI=1S/C31H37N3O4/c1-24(2)21-28(22-34(31(36)37)38-23-25-9-5-3-6-10-25)30(35)33-19-17-32(18-20-33)29-15-13-27(14-16-29)26-11-7-4-8-12-26/h3-16,24,28H,17-23H2,1-2H3,(H,36,37)/t28-/m1/s1. The Balaban J connectivity index is 1.35. The molecule has 1 fully saturated rings. The van der Waals surface area contributed by atoms with Crippen LogP contribution in [0.2, 0.25) is 0 Å². The van der Waals surface area contributed by atoms with Gasteiger partial charge in [-0.3, -0.25) is 9.63 Å². The molecular formula is C31H37N3O4. The Morgan fingerprint density at radius 1 is 0.842 bits per heavy atom. The van der Waals surface area contributed by atoms with Gasteiger partial charge in [0, 0.05) is 31.9 Å². The highest BCUT2D eigenvalue weighted by molar-refractivity contribution is 5.80. The van der Waals surface area contributed by atoms with Gasteiger partial charge in [0.2, 0.25) is 5.91 Å². The fraction of sp³-hybridized carbons (Fsp3) is 0.355. The van der Waals surface area contributed by atoms with Gasteiger partial charge in [-0.2, -0.15) is 5.06 Å². The second-order valence-electron chi connectivity index (χ2n) is 10.2. The van der Waals surface area contributed by atoms with Gasteiger partial charge in [0.15, 0.2) is 0 Å². The second kappa shape index (κ2) is 13.1. The van der Waals surface area contributed by atoms with Gasteiger partial charge in [-0.05, 0) is 41.2 Å². The van der Waals surface area contributed by atoms with Gasteiger partial charge in [0.1, 0.15) is 6.61 Å². The molecule has 1 N–H and O–H groups in total. The predicted octanol–water partition coefficient (Wildman–Crippen LogP) is 5.78. The van der Waals surface area contributed by atoms with E-state index in [2.05, 4.69) is 41.3 Å². The number of anilines is 1. The SMILES string of the molecule is CC(C)C[C@H](CN(OCc1ccccc1)C(=O)O)C(=O)N1CCN(c2ccc(-c3ccccc3)cc2)CC1. The number of amides is 2. The summed E-state index contributed by atoms with van der Waals surface area (Å²) < 4.78 is 0. The molecule has 0 aromatic heterocycles. The zero-order chi connectivity index (χ0) is 26.9. The van der Waals surface area contributed by atoms with Crippen LogP contribution in [0.25, 0.3) is 11.1 Å². The molecule has 1 aliphatic heterocycles. The van der Waals surface area contributed by atoms with Crippen molar-refractivity contribution in [3.63, 3.8) is 0 Å². The summed E-state index contributed by atoms with van der Waals surface area (Å²) in [5.74, 6) is -0.218. The summed E-state index contributed by atoms with van der Waals surface area (Å²) in [7, 11) is 0. The second-order valence-corrected chi connectivity index (χ2v) is 10.2. The van der Waals surface area contributed by atoms with Gasteiger partial charge >= 0.3 is 6.09 Å². The molecule has 7 nitrogen and oxygen atoms in total. The number of carboxylic acid groups (broad SMARTS) is 1. The van der Waals surface area contributed by atoms with Crippen LogP contribution in [0.1, 0.15) is 25.8 Å². The number of hydrogen-bond acceptors (Lipinski definition) is 4. The number of piperazine rings is 1. The van der Waals surface area contributed by atoms with E-state index >= 15 is 0 Å². The Hall–Kier alpha value is -3.84. The first-order valence-corrected chi connectivity index (χ1v) is 13.3. The fourth-order valence-electron chi connectivity index (χ4n) is 4.87. The molecule has 1 heterocycles. The maximum absolute atomic E-state index is 13.5. The molecule has 4 rings (SSSR count). The highest BCUT2D eigenvalue weighted by Gasteiger charge is 2.31. The molecule has 38 heavy (non-hydrogen) atoms. The lowest BCUT2D eigenvalue weighted by Gasteiger charge is -2.38. The summed E-state index contributed by atoms with van der Waals surface area (Å²) in [5.41, 5.74) is 4.38. The smallest absolute Gasteiger partial charge is 0.431 e. The van der Waals surface area contributed by atoms with Crippen LogP contribution in [-0.4, -0.2) is 59.8 Å². The van der Waals surface area contributed by atoms with E-state index in [1.54, 1.807) is 0 Å². The number of nitrogens with zero attached hydrogens (tertiary/aromatic N) is 3. The van der Waals surface area contributed by atoms with Gasteiger partial charge in [-0.1, -0.05) is 86.6 Å². The van der Waals surface area contributed by atoms with Crippen LogP contribution in [-0.2, 0) is 16.2 Å². The average Bonchev–Trinajstić information content (AvgIpc) is 2.95. The van der Waals surface area contributed by atoms with E-state index in [1.807, 2.05) is 67.3 Å². The minimum Gasteiger partial charge on any atom is -0.463 e. The first kappa shape index (κ1) is 27.2. The molecule has 0 unspecified atom stereocenters. The minimum absolute atomic E-state index is 0.00710. The van der Waals surface area contributed by atoms with Crippen molar-refractivity contribution in [1.82, 2.24) is 9.96 Å². The van der Waals surface area contributed by atoms with Crippen molar-refractivity contribution < 1.29 is 19.5 Å². The molecule has 0 aliphatic carbocycles. The number of hydroxylamine groups is 2. The van der Waals surface area contributed by atoms with Crippen LogP contribution in [0, 0.1) is 11.8 Å². The summed E-state index contributed by atoms with van der Waals surface area (Å²) >= 11 is 0. The average molecular weight is 516 g/mol. The third-order valence-corrected chi connectivity index (χ3v) is 6.87. The Morgan fingerprint density at radius 2 is 1.42 bits per heavy atom. The molecule has 0 spiro atoms. The lowest BCUT2D eigenvalue weighted by atomic mass is 9.95. The third-order valence-electron chi connectivity index (χ3n) is 6.87. The summed E-state index contributed by atoms with van der Waals surface area (Å²) in [4.78, 5) is 35.2. The summed E-state index contributed by atoms with van der Waals surface area (Å²) in [5, 5.41) is 10.7. The van der Waals surface area contributed by atoms with E-state index < -0.39 is 12.0 Å². The maximum atomic E-state index is 13.5. The molecule has 0 radical (unpaired) electrons. The summed E-state index contributed by atoms with van der Waals surface area (Å²) in [6.45, 7) is 6.92. The summed E-state index contributed by atoms with van der Waals surface area (Å²) in [6.07, 6.45) is -0.593. The van der Waals surface area contributed by atoms with Crippen LogP contribution < -0.4 is 4.90 Å². The fourth-order valence-corrected chi connectivity index (χ4v) is 4.87. The lowest BCUT2D eigenvalue weighted by Crippen LogP contribution is -2.52. The summed E-state index contributed by atoms with van der Waals surface area (Å²) in [6, 6.07) is 28.3. The van der Waals surface area contributed by atoms with Crippen molar-refractivity contribution in [2.24, 2.45) is 11.8 Å². The molecule has 3 aromatic carbocycles. The van der Waals surface area contributed by atoms with E-state index in [0.717, 1.165) is 29.4 Å². The molecule has 1 saturated heterocycles.